The number of aromatic nitrogens is 5. The van der Waals surface area contributed by atoms with Crippen molar-refractivity contribution in [3.8, 4) is 11.3 Å². The van der Waals surface area contributed by atoms with Gasteiger partial charge in [-0.1, -0.05) is 6.08 Å². The van der Waals surface area contributed by atoms with Crippen LogP contribution in [-0.4, -0.2) is 49.6 Å². The van der Waals surface area contributed by atoms with Crippen molar-refractivity contribution in [3.05, 3.63) is 54.6 Å². The van der Waals surface area contributed by atoms with Crippen molar-refractivity contribution < 1.29 is 0 Å². The van der Waals surface area contributed by atoms with Crippen LogP contribution in [0.3, 0.4) is 0 Å². The van der Waals surface area contributed by atoms with Crippen molar-refractivity contribution in [3.63, 3.8) is 0 Å². The lowest BCUT2D eigenvalue weighted by Gasteiger charge is -2.21. The highest BCUT2D eigenvalue weighted by molar-refractivity contribution is 5.94. The van der Waals surface area contributed by atoms with Crippen LogP contribution in [0, 0.1) is 0 Å². The maximum absolute atomic E-state index is 4.67. The van der Waals surface area contributed by atoms with E-state index in [0.29, 0.717) is 0 Å². The highest BCUT2D eigenvalue weighted by Gasteiger charge is 2.14. The summed E-state index contributed by atoms with van der Waals surface area (Å²) in [5.74, 6) is 0. The molecule has 1 aliphatic rings. The van der Waals surface area contributed by atoms with Crippen molar-refractivity contribution in [1.29, 1.82) is 0 Å². The average Bonchev–Trinajstić information content (AvgIpc) is 3.27. The molecule has 0 radical (unpaired) electrons. The second kappa shape index (κ2) is 5.53. The Kier molecular flexibility index (Phi) is 3.18. The van der Waals surface area contributed by atoms with E-state index in [1.54, 1.807) is 10.7 Å². The summed E-state index contributed by atoms with van der Waals surface area (Å²) >= 11 is 0. The standard InChI is InChI=1S/C19H18N6/c1-24-7-4-13(5-8-24)14-10-15-16(12-22-19(15)21-11-14)17-2-3-18-20-6-9-25(18)23-17/h2-4,6,9-12H,5,7-8H2,1H3,(H,21,22). The molecule has 5 rings (SSSR count). The fraction of sp³-hybridized carbons (Fsp3) is 0.211. The third kappa shape index (κ3) is 2.42. The molecule has 0 spiro atoms. The Bertz CT molecular complexity index is 1100. The molecule has 4 aromatic heterocycles. The van der Waals surface area contributed by atoms with E-state index in [1.165, 1.54) is 11.1 Å². The Morgan fingerprint density at radius 1 is 1.20 bits per heavy atom. The lowest BCUT2D eigenvalue weighted by atomic mass is 9.99. The Morgan fingerprint density at radius 3 is 3.04 bits per heavy atom. The van der Waals surface area contributed by atoms with Gasteiger partial charge in [-0.3, -0.25) is 0 Å². The van der Waals surface area contributed by atoms with E-state index >= 15 is 0 Å². The van der Waals surface area contributed by atoms with Crippen molar-refractivity contribution in [1.82, 2.24) is 29.5 Å². The van der Waals surface area contributed by atoms with Crippen LogP contribution in [0.4, 0.5) is 0 Å². The van der Waals surface area contributed by atoms with Gasteiger partial charge in [-0.15, -0.1) is 0 Å². The van der Waals surface area contributed by atoms with E-state index in [0.717, 1.165) is 47.4 Å². The summed E-state index contributed by atoms with van der Waals surface area (Å²) in [5, 5.41) is 5.77. The molecule has 5 heterocycles. The summed E-state index contributed by atoms with van der Waals surface area (Å²) in [5.41, 5.74) is 6.28. The molecule has 0 amide bonds. The van der Waals surface area contributed by atoms with E-state index in [-0.39, 0.29) is 0 Å². The first kappa shape index (κ1) is 14.4. The molecular formula is C19H18N6. The number of pyridine rings is 1. The van der Waals surface area contributed by atoms with E-state index in [9.17, 15) is 0 Å². The highest BCUT2D eigenvalue weighted by atomic mass is 15.2. The first-order chi connectivity index (χ1) is 12.3. The average molecular weight is 330 g/mol. The molecule has 0 bridgehead atoms. The minimum Gasteiger partial charge on any atom is -0.345 e. The smallest absolute Gasteiger partial charge is 0.153 e. The van der Waals surface area contributed by atoms with E-state index in [1.807, 2.05) is 30.7 Å². The van der Waals surface area contributed by atoms with Gasteiger partial charge in [0.25, 0.3) is 0 Å². The van der Waals surface area contributed by atoms with E-state index < -0.39 is 0 Å². The number of H-pyrrole nitrogens is 1. The summed E-state index contributed by atoms with van der Waals surface area (Å²) in [6.45, 7) is 2.08. The number of aromatic amines is 1. The van der Waals surface area contributed by atoms with Crippen LogP contribution in [0.1, 0.15) is 12.0 Å². The zero-order chi connectivity index (χ0) is 16.8. The van der Waals surface area contributed by atoms with Gasteiger partial charge in [0.1, 0.15) is 5.65 Å². The SMILES string of the molecule is CN1CC=C(c2cnc3[nH]cc(-c4ccc5nccn5n4)c3c2)CC1. The van der Waals surface area contributed by atoms with Crippen molar-refractivity contribution in [2.45, 2.75) is 6.42 Å². The van der Waals surface area contributed by atoms with Gasteiger partial charge in [0, 0.05) is 48.8 Å². The van der Waals surface area contributed by atoms with Gasteiger partial charge in [-0.25, -0.2) is 14.5 Å². The number of imidazole rings is 1. The lowest BCUT2D eigenvalue weighted by molar-refractivity contribution is 0.370. The zero-order valence-electron chi connectivity index (χ0n) is 14.0. The topological polar surface area (TPSA) is 62.1 Å². The number of rotatable bonds is 2. The van der Waals surface area contributed by atoms with Crippen LogP contribution in [0.5, 0.6) is 0 Å². The van der Waals surface area contributed by atoms with Crippen LogP contribution in [0.15, 0.2) is 49.1 Å². The molecule has 0 aliphatic carbocycles. The van der Waals surface area contributed by atoms with Gasteiger partial charge in [0.15, 0.2) is 5.65 Å². The Labute approximate surface area is 144 Å². The third-order valence-electron chi connectivity index (χ3n) is 4.85. The molecule has 0 aromatic carbocycles. The lowest BCUT2D eigenvalue weighted by Crippen LogP contribution is -2.23. The van der Waals surface area contributed by atoms with Crippen LogP contribution in [-0.2, 0) is 0 Å². The van der Waals surface area contributed by atoms with Crippen molar-refractivity contribution in [2.75, 3.05) is 20.1 Å². The number of nitrogens with one attached hydrogen (secondary N) is 1. The van der Waals surface area contributed by atoms with Crippen LogP contribution in [0.2, 0.25) is 0 Å². The summed E-state index contributed by atoms with van der Waals surface area (Å²) in [6.07, 6.45) is 10.9. The molecule has 25 heavy (non-hydrogen) atoms. The van der Waals surface area contributed by atoms with Crippen molar-refractivity contribution >= 4 is 22.3 Å². The number of fused-ring (bicyclic) bond motifs is 2. The van der Waals surface area contributed by atoms with Gasteiger partial charge in [0.2, 0.25) is 0 Å². The largest absolute Gasteiger partial charge is 0.345 e. The normalized spacial score (nSPS) is 15.8. The number of likely N-dealkylation sites (N-methyl/N-ethyl adjacent to an activating group) is 1. The predicted molar refractivity (Wildman–Crippen MR) is 98.2 cm³/mol. The molecule has 6 heteroatoms. The fourth-order valence-electron chi connectivity index (χ4n) is 3.38. The van der Waals surface area contributed by atoms with Gasteiger partial charge >= 0.3 is 0 Å². The fourth-order valence-corrected chi connectivity index (χ4v) is 3.38. The molecule has 4 aromatic rings. The summed E-state index contributed by atoms with van der Waals surface area (Å²) < 4.78 is 1.80. The number of hydrogen-bond acceptors (Lipinski definition) is 4. The predicted octanol–water partition coefficient (Wildman–Crippen LogP) is 2.99. The molecule has 0 atom stereocenters. The molecule has 6 nitrogen and oxygen atoms in total. The first-order valence-corrected chi connectivity index (χ1v) is 8.44. The molecule has 1 aliphatic heterocycles. The Balaban J connectivity index is 1.62. The highest BCUT2D eigenvalue weighted by Crippen LogP contribution is 2.30. The first-order valence-electron chi connectivity index (χ1n) is 8.44. The molecule has 0 fully saturated rings. The maximum atomic E-state index is 4.67. The van der Waals surface area contributed by atoms with E-state index in [4.69, 9.17) is 0 Å². The molecule has 124 valence electrons. The van der Waals surface area contributed by atoms with Crippen LogP contribution in [0.25, 0.3) is 33.5 Å². The Morgan fingerprint density at radius 2 is 2.16 bits per heavy atom. The van der Waals surface area contributed by atoms with Gasteiger partial charge < -0.3 is 9.88 Å². The van der Waals surface area contributed by atoms with Crippen LogP contribution < -0.4 is 0 Å². The quantitative estimate of drug-likeness (QED) is 0.614. The minimum atomic E-state index is 0.846. The summed E-state index contributed by atoms with van der Waals surface area (Å²) in [4.78, 5) is 14.5. The zero-order valence-corrected chi connectivity index (χ0v) is 14.0. The van der Waals surface area contributed by atoms with Crippen molar-refractivity contribution in [2.24, 2.45) is 0 Å². The molecular weight excluding hydrogens is 312 g/mol. The summed E-state index contributed by atoms with van der Waals surface area (Å²) in [7, 11) is 2.15. The van der Waals surface area contributed by atoms with Crippen LogP contribution >= 0.6 is 0 Å². The Hall–Kier alpha value is -2.99. The van der Waals surface area contributed by atoms with Gasteiger partial charge in [-0.05, 0) is 42.8 Å². The molecule has 0 unspecified atom stereocenters. The summed E-state index contributed by atoms with van der Waals surface area (Å²) in [6, 6.07) is 6.22. The molecule has 1 N–H and O–H groups in total. The van der Waals surface area contributed by atoms with Gasteiger partial charge in [-0.2, -0.15) is 5.10 Å². The van der Waals surface area contributed by atoms with Gasteiger partial charge in [0.05, 0.1) is 5.69 Å². The third-order valence-corrected chi connectivity index (χ3v) is 4.85. The molecule has 0 saturated carbocycles. The van der Waals surface area contributed by atoms with E-state index in [2.05, 4.69) is 44.1 Å². The minimum absolute atomic E-state index is 0.846. The molecule has 0 saturated heterocycles. The second-order valence-electron chi connectivity index (χ2n) is 6.51. The second-order valence-corrected chi connectivity index (χ2v) is 6.51. The number of nitrogens with zero attached hydrogens (tertiary/aromatic N) is 5. The monoisotopic (exact) mass is 330 g/mol. The number of hydrogen-bond donors (Lipinski definition) is 1. The maximum Gasteiger partial charge on any atom is 0.153 e.